The molecular formula is C21H39BN3O3. The molecule has 1 fully saturated rings. The average Bonchev–Trinajstić information content (AvgIpc) is 2.61. The predicted molar refractivity (Wildman–Crippen MR) is 114 cm³/mol. The zero-order chi connectivity index (χ0) is 21.8. The van der Waals surface area contributed by atoms with Crippen LogP contribution in [0.25, 0.3) is 0 Å². The Morgan fingerprint density at radius 1 is 1.29 bits per heavy atom. The van der Waals surface area contributed by atoms with Gasteiger partial charge >= 0.3 is 0 Å². The van der Waals surface area contributed by atoms with Crippen molar-refractivity contribution in [2.75, 3.05) is 6.54 Å². The Morgan fingerprint density at radius 2 is 1.89 bits per heavy atom. The van der Waals surface area contributed by atoms with E-state index in [-0.39, 0.29) is 22.9 Å². The van der Waals surface area contributed by atoms with Crippen LogP contribution in [0.15, 0.2) is 0 Å². The van der Waals surface area contributed by atoms with Crippen molar-refractivity contribution in [2.45, 2.75) is 98.2 Å². The Balaban J connectivity index is 3.08. The van der Waals surface area contributed by atoms with Crippen molar-refractivity contribution < 1.29 is 14.4 Å². The third-order valence-electron chi connectivity index (χ3n) is 6.45. The topological polar surface area (TPSA) is 78.5 Å². The van der Waals surface area contributed by atoms with Crippen LogP contribution in [0.5, 0.6) is 0 Å². The van der Waals surface area contributed by atoms with E-state index in [4.69, 9.17) is 0 Å². The van der Waals surface area contributed by atoms with E-state index < -0.39 is 11.1 Å². The highest BCUT2D eigenvalue weighted by atomic mass is 16.1. The number of ketones is 1. The van der Waals surface area contributed by atoms with Gasteiger partial charge in [-0.25, -0.2) is 10.4 Å². The van der Waals surface area contributed by atoms with Crippen molar-refractivity contribution in [3.8, 4) is 0 Å². The highest BCUT2D eigenvalue weighted by molar-refractivity contribution is 6.74. The van der Waals surface area contributed by atoms with Crippen molar-refractivity contribution in [1.82, 2.24) is 15.7 Å². The van der Waals surface area contributed by atoms with Gasteiger partial charge < -0.3 is 14.8 Å². The molecule has 1 radical (unpaired) electrons. The number of nitrogens with one attached hydrogen (secondary N) is 2. The van der Waals surface area contributed by atoms with E-state index in [0.717, 1.165) is 19.1 Å². The molecule has 1 heterocycles. The molecule has 1 rings (SSSR count). The number of rotatable bonds is 9. The molecule has 4 unspecified atom stereocenters. The lowest BCUT2D eigenvalue weighted by Crippen LogP contribution is -2.66. The highest BCUT2D eigenvalue weighted by Gasteiger charge is 2.43. The molecule has 1 saturated heterocycles. The van der Waals surface area contributed by atoms with Crippen LogP contribution in [0.3, 0.4) is 0 Å². The van der Waals surface area contributed by atoms with E-state index >= 15 is 0 Å². The molecule has 0 spiro atoms. The van der Waals surface area contributed by atoms with Gasteiger partial charge in [-0.1, -0.05) is 34.6 Å². The summed E-state index contributed by atoms with van der Waals surface area (Å²) in [5.74, 6) is 0.426. The molecule has 159 valence electrons. The standard InChI is InChI=1S/C21H39BN3O3/c1-9-20(7,16(4)27)24-22-18(28)21(8,10-2)25-14-19(5,6)12-15(3)11-17(13-26)23-25/h13,15,17,23-24H,9-12,14H2,1-8H3. The number of carbonyl (C=O) groups is 3. The second-order valence-corrected chi connectivity index (χ2v) is 9.69. The summed E-state index contributed by atoms with van der Waals surface area (Å²) in [6.07, 6.45) is 3.85. The smallest absolute Gasteiger partial charge is 0.298 e. The zero-order valence-corrected chi connectivity index (χ0v) is 19.0. The zero-order valence-electron chi connectivity index (χ0n) is 19.0. The number of hydrogen-bond donors (Lipinski definition) is 2. The van der Waals surface area contributed by atoms with Crippen molar-refractivity contribution in [2.24, 2.45) is 11.3 Å². The maximum absolute atomic E-state index is 13.2. The monoisotopic (exact) mass is 392 g/mol. The fraction of sp³-hybridized carbons (Fsp3) is 0.857. The molecule has 0 amide bonds. The van der Waals surface area contributed by atoms with Crippen molar-refractivity contribution >= 4 is 25.2 Å². The van der Waals surface area contributed by atoms with Gasteiger partial charge in [0.05, 0.1) is 17.1 Å². The van der Waals surface area contributed by atoms with E-state index in [0.29, 0.717) is 25.3 Å². The Morgan fingerprint density at radius 3 is 2.36 bits per heavy atom. The lowest BCUT2D eigenvalue weighted by molar-refractivity contribution is -0.131. The van der Waals surface area contributed by atoms with Crippen LogP contribution in [-0.4, -0.2) is 53.8 Å². The first-order chi connectivity index (χ1) is 12.8. The normalized spacial score (nSPS) is 27.6. The SMILES string of the molecule is CCC(C)(N[B]C(=O)C(C)(CC)N1CC(C)(C)CC(C)CC(C=O)N1)C(C)=O. The second-order valence-electron chi connectivity index (χ2n) is 9.69. The van der Waals surface area contributed by atoms with Gasteiger partial charge in [0.2, 0.25) is 0 Å². The summed E-state index contributed by atoms with van der Waals surface area (Å²) < 4.78 is 0. The van der Waals surface area contributed by atoms with Crippen molar-refractivity contribution in [3.05, 3.63) is 0 Å². The van der Waals surface area contributed by atoms with Gasteiger partial charge in [-0.15, -0.1) is 0 Å². The molecule has 1 aliphatic rings. The Kier molecular flexibility index (Phi) is 8.60. The van der Waals surface area contributed by atoms with Crippen LogP contribution >= 0.6 is 0 Å². The summed E-state index contributed by atoms with van der Waals surface area (Å²) in [6, 6.07) is -0.309. The number of aldehydes is 1. The van der Waals surface area contributed by atoms with Gasteiger partial charge in [-0.05, 0) is 57.8 Å². The van der Waals surface area contributed by atoms with Crippen LogP contribution in [0.4, 0.5) is 0 Å². The van der Waals surface area contributed by atoms with Crippen LogP contribution in [0.2, 0.25) is 0 Å². The Labute approximate surface area is 171 Å². The molecule has 28 heavy (non-hydrogen) atoms. The number of carbonyl (C=O) groups excluding carboxylic acids is 3. The number of hydrogen-bond acceptors (Lipinski definition) is 6. The Hall–Kier alpha value is -1.05. The maximum Gasteiger partial charge on any atom is 0.298 e. The molecular weight excluding hydrogens is 353 g/mol. The van der Waals surface area contributed by atoms with Crippen LogP contribution in [-0.2, 0) is 14.4 Å². The summed E-state index contributed by atoms with van der Waals surface area (Å²) >= 11 is 0. The van der Waals surface area contributed by atoms with Gasteiger partial charge in [0.15, 0.2) is 0 Å². The first-order valence-corrected chi connectivity index (χ1v) is 10.5. The van der Waals surface area contributed by atoms with Crippen LogP contribution in [0.1, 0.15) is 81.1 Å². The minimum Gasteiger partial charge on any atom is -0.342 e. The largest absolute Gasteiger partial charge is 0.342 e. The lowest BCUT2D eigenvalue weighted by Gasteiger charge is -2.47. The molecule has 6 nitrogen and oxygen atoms in total. The third-order valence-corrected chi connectivity index (χ3v) is 6.45. The molecule has 0 aromatic rings. The molecule has 4 atom stereocenters. The average molecular weight is 392 g/mol. The summed E-state index contributed by atoms with van der Waals surface area (Å²) in [5, 5.41) is 5.01. The molecule has 2 N–H and O–H groups in total. The quantitative estimate of drug-likeness (QED) is 0.464. The molecule has 1 aliphatic heterocycles. The summed E-state index contributed by atoms with van der Waals surface area (Å²) in [5.41, 5.74) is 1.65. The summed E-state index contributed by atoms with van der Waals surface area (Å²) in [4.78, 5) is 36.8. The summed E-state index contributed by atoms with van der Waals surface area (Å²) in [6.45, 7) is 16.4. The Bertz CT molecular complexity index is 583. The summed E-state index contributed by atoms with van der Waals surface area (Å²) in [7, 11) is 1.44. The molecule has 0 aliphatic carbocycles. The minimum absolute atomic E-state index is 0.00171. The fourth-order valence-corrected chi connectivity index (χ4v) is 3.99. The molecule has 7 heteroatoms. The van der Waals surface area contributed by atoms with Gasteiger partial charge in [0.25, 0.3) is 7.41 Å². The molecule has 0 saturated carbocycles. The van der Waals surface area contributed by atoms with Crippen LogP contribution in [0, 0.1) is 11.3 Å². The van der Waals surface area contributed by atoms with Gasteiger partial charge in [0, 0.05) is 6.54 Å². The van der Waals surface area contributed by atoms with Crippen LogP contribution < -0.4 is 10.7 Å². The van der Waals surface area contributed by atoms with E-state index in [1.165, 1.54) is 14.3 Å². The lowest BCUT2D eigenvalue weighted by atomic mass is 9.69. The van der Waals surface area contributed by atoms with Crippen molar-refractivity contribution in [1.29, 1.82) is 0 Å². The predicted octanol–water partition coefficient (Wildman–Crippen LogP) is 2.48. The molecule has 0 bridgehead atoms. The second kappa shape index (κ2) is 9.64. The molecule has 0 aromatic heterocycles. The van der Waals surface area contributed by atoms with E-state index in [1.807, 2.05) is 32.7 Å². The van der Waals surface area contributed by atoms with Gasteiger partial charge in [0.1, 0.15) is 17.8 Å². The first kappa shape index (κ1) is 25.0. The highest BCUT2D eigenvalue weighted by Crippen LogP contribution is 2.33. The fourth-order valence-electron chi connectivity index (χ4n) is 3.99. The van der Waals surface area contributed by atoms with Gasteiger partial charge in [-0.2, -0.15) is 0 Å². The van der Waals surface area contributed by atoms with Crippen molar-refractivity contribution in [3.63, 3.8) is 0 Å². The molecule has 0 aromatic carbocycles. The number of nitrogens with zero attached hydrogens (tertiary/aromatic N) is 1. The van der Waals surface area contributed by atoms with E-state index in [2.05, 4.69) is 31.4 Å². The van der Waals surface area contributed by atoms with Gasteiger partial charge in [-0.3, -0.25) is 4.79 Å². The first-order valence-electron chi connectivity index (χ1n) is 10.5. The van der Waals surface area contributed by atoms with E-state index in [9.17, 15) is 14.4 Å². The third kappa shape index (κ3) is 5.98. The number of hydrazine groups is 1. The number of Topliss-reactive ketones (excluding diaryl/α,β-unsaturated/α-hetero) is 1. The minimum atomic E-state index is -0.822. The van der Waals surface area contributed by atoms with E-state index in [1.54, 1.807) is 0 Å². The maximum atomic E-state index is 13.2.